The van der Waals surface area contributed by atoms with Crippen molar-refractivity contribution < 1.29 is 14.6 Å². The molecule has 2 heterocycles. The SMILES string of the molecule is Cc1c(C(=O)N2CC(CO)OCC2C)cnn1C. The molecule has 1 fully saturated rings. The number of aromatic nitrogens is 2. The first-order valence-electron chi connectivity index (χ1n) is 6.06. The van der Waals surface area contributed by atoms with Crippen molar-refractivity contribution in [3.8, 4) is 0 Å². The van der Waals surface area contributed by atoms with Crippen LogP contribution in [0.25, 0.3) is 0 Å². The molecule has 1 amide bonds. The van der Waals surface area contributed by atoms with E-state index >= 15 is 0 Å². The molecule has 1 saturated heterocycles. The predicted octanol–water partition coefficient (Wildman–Crippen LogP) is -0.0497. The molecule has 0 radical (unpaired) electrons. The van der Waals surface area contributed by atoms with Gasteiger partial charge in [-0.25, -0.2) is 0 Å². The van der Waals surface area contributed by atoms with Gasteiger partial charge in [0.15, 0.2) is 0 Å². The molecule has 2 unspecified atom stereocenters. The van der Waals surface area contributed by atoms with E-state index in [9.17, 15) is 4.79 Å². The Hall–Kier alpha value is -1.40. The third kappa shape index (κ3) is 2.26. The standard InChI is InChI=1S/C12H19N3O3/c1-8-7-18-10(6-16)5-15(8)12(17)11-4-13-14(3)9(11)2/h4,8,10,16H,5-7H2,1-3H3. The number of hydrogen-bond donors (Lipinski definition) is 1. The molecule has 2 atom stereocenters. The van der Waals surface area contributed by atoms with Gasteiger partial charge in [0.25, 0.3) is 5.91 Å². The van der Waals surface area contributed by atoms with Gasteiger partial charge in [0, 0.05) is 19.3 Å². The summed E-state index contributed by atoms with van der Waals surface area (Å²) >= 11 is 0. The van der Waals surface area contributed by atoms with E-state index in [1.165, 1.54) is 0 Å². The Bertz CT molecular complexity index is 444. The minimum absolute atomic E-state index is 0.0138. The molecule has 1 N–H and O–H groups in total. The van der Waals surface area contributed by atoms with E-state index in [4.69, 9.17) is 9.84 Å². The Morgan fingerprint density at radius 1 is 1.67 bits per heavy atom. The topological polar surface area (TPSA) is 67.6 Å². The molecule has 6 nitrogen and oxygen atoms in total. The second-order valence-electron chi connectivity index (χ2n) is 4.71. The second kappa shape index (κ2) is 5.07. The van der Waals surface area contributed by atoms with Gasteiger partial charge in [0.05, 0.1) is 37.1 Å². The highest BCUT2D eigenvalue weighted by Crippen LogP contribution is 2.17. The lowest BCUT2D eigenvalue weighted by atomic mass is 10.1. The average Bonchev–Trinajstić information content (AvgIpc) is 2.70. The molecule has 0 aliphatic carbocycles. The fourth-order valence-corrected chi connectivity index (χ4v) is 2.07. The molecule has 2 rings (SSSR count). The molecule has 1 aromatic rings. The van der Waals surface area contributed by atoms with Crippen LogP contribution in [0.4, 0.5) is 0 Å². The molecule has 100 valence electrons. The number of rotatable bonds is 2. The lowest BCUT2D eigenvalue weighted by Crippen LogP contribution is -2.52. The van der Waals surface area contributed by atoms with Crippen molar-refractivity contribution in [2.24, 2.45) is 7.05 Å². The summed E-state index contributed by atoms with van der Waals surface area (Å²) in [6.07, 6.45) is 1.30. The average molecular weight is 253 g/mol. The zero-order chi connectivity index (χ0) is 13.3. The molecule has 0 spiro atoms. The van der Waals surface area contributed by atoms with Gasteiger partial charge in [-0.05, 0) is 13.8 Å². The van der Waals surface area contributed by atoms with Gasteiger partial charge in [-0.3, -0.25) is 9.48 Å². The van der Waals surface area contributed by atoms with Gasteiger partial charge in [-0.15, -0.1) is 0 Å². The maximum Gasteiger partial charge on any atom is 0.257 e. The zero-order valence-corrected chi connectivity index (χ0v) is 11.0. The van der Waals surface area contributed by atoms with Crippen molar-refractivity contribution in [3.05, 3.63) is 17.5 Å². The highest BCUT2D eigenvalue weighted by molar-refractivity contribution is 5.95. The van der Waals surface area contributed by atoms with Crippen LogP contribution in [0.1, 0.15) is 23.0 Å². The molecule has 0 aromatic carbocycles. The first-order valence-corrected chi connectivity index (χ1v) is 6.06. The Balaban J connectivity index is 2.19. The number of nitrogens with zero attached hydrogens (tertiary/aromatic N) is 3. The molecule has 1 aromatic heterocycles. The van der Waals surface area contributed by atoms with Gasteiger partial charge in [0.2, 0.25) is 0 Å². The van der Waals surface area contributed by atoms with Gasteiger partial charge in [0.1, 0.15) is 0 Å². The van der Waals surface area contributed by atoms with Crippen LogP contribution in [0.3, 0.4) is 0 Å². The first kappa shape index (κ1) is 13.0. The van der Waals surface area contributed by atoms with Crippen molar-refractivity contribution in [2.75, 3.05) is 19.8 Å². The Morgan fingerprint density at radius 2 is 2.39 bits per heavy atom. The zero-order valence-electron chi connectivity index (χ0n) is 11.0. The van der Waals surface area contributed by atoms with Crippen molar-refractivity contribution in [3.63, 3.8) is 0 Å². The number of aliphatic hydroxyl groups excluding tert-OH is 1. The minimum atomic E-state index is -0.290. The maximum absolute atomic E-state index is 12.4. The fraction of sp³-hybridized carbons (Fsp3) is 0.667. The molecule has 1 aliphatic heterocycles. The van der Waals surface area contributed by atoms with Crippen molar-refractivity contribution >= 4 is 5.91 Å². The van der Waals surface area contributed by atoms with Crippen molar-refractivity contribution in [1.29, 1.82) is 0 Å². The van der Waals surface area contributed by atoms with Gasteiger partial charge in [-0.2, -0.15) is 5.10 Å². The number of hydrogen-bond acceptors (Lipinski definition) is 4. The van der Waals surface area contributed by atoms with Gasteiger partial charge < -0.3 is 14.7 Å². The Morgan fingerprint density at radius 3 is 2.94 bits per heavy atom. The first-order chi connectivity index (χ1) is 8.54. The third-order valence-electron chi connectivity index (χ3n) is 3.44. The highest BCUT2D eigenvalue weighted by atomic mass is 16.5. The molecule has 0 bridgehead atoms. The van der Waals surface area contributed by atoms with Crippen molar-refractivity contribution in [2.45, 2.75) is 26.0 Å². The Labute approximate surface area is 106 Å². The highest BCUT2D eigenvalue weighted by Gasteiger charge is 2.31. The van der Waals surface area contributed by atoms with E-state index < -0.39 is 0 Å². The lowest BCUT2D eigenvalue weighted by molar-refractivity contribution is -0.0667. The van der Waals surface area contributed by atoms with Gasteiger partial charge in [-0.1, -0.05) is 0 Å². The summed E-state index contributed by atoms with van der Waals surface area (Å²) in [6.45, 7) is 4.62. The summed E-state index contributed by atoms with van der Waals surface area (Å²) in [5.41, 5.74) is 1.46. The van der Waals surface area contributed by atoms with E-state index in [1.807, 2.05) is 20.9 Å². The molecule has 0 saturated carbocycles. The van der Waals surface area contributed by atoms with E-state index in [0.717, 1.165) is 5.69 Å². The summed E-state index contributed by atoms with van der Waals surface area (Å²) in [5.74, 6) is -0.0464. The monoisotopic (exact) mass is 253 g/mol. The van der Waals surface area contributed by atoms with Crippen LogP contribution in [0.15, 0.2) is 6.20 Å². The maximum atomic E-state index is 12.4. The van der Waals surface area contributed by atoms with Crippen LogP contribution in [-0.2, 0) is 11.8 Å². The second-order valence-corrected chi connectivity index (χ2v) is 4.71. The number of morpholine rings is 1. The predicted molar refractivity (Wildman–Crippen MR) is 65.3 cm³/mol. The van der Waals surface area contributed by atoms with E-state index in [1.54, 1.807) is 15.8 Å². The van der Waals surface area contributed by atoms with Crippen LogP contribution < -0.4 is 0 Å². The molecular weight excluding hydrogens is 234 g/mol. The molecule has 1 aliphatic rings. The summed E-state index contributed by atoms with van der Waals surface area (Å²) < 4.78 is 7.11. The quantitative estimate of drug-likeness (QED) is 0.802. The van der Waals surface area contributed by atoms with Crippen LogP contribution in [-0.4, -0.2) is 57.6 Å². The third-order valence-corrected chi connectivity index (χ3v) is 3.44. The van der Waals surface area contributed by atoms with E-state index in [2.05, 4.69) is 5.10 Å². The summed E-state index contributed by atoms with van der Waals surface area (Å²) in [7, 11) is 1.81. The fourth-order valence-electron chi connectivity index (χ4n) is 2.07. The normalized spacial score (nSPS) is 24.3. The number of aliphatic hydroxyl groups is 1. The van der Waals surface area contributed by atoms with E-state index in [-0.39, 0.29) is 24.7 Å². The number of ether oxygens (including phenoxy) is 1. The van der Waals surface area contributed by atoms with Crippen LogP contribution in [0, 0.1) is 6.92 Å². The number of amides is 1. The molecule has 6 heteroatoms. The van der Waals surface area contributed by atoms with Crippen molar-refractivity contribution in [1.82, 2.24) is 14.7 Å². The summed E-state index contributed by atoms with van der Waals surface area (Å²) in [6, 6.07) is 0.0138. The largest absolute Gasteiger partial charge is 0.394 e. The van der Waals surface area contributed by atoms with Gasteiger partial charge >= 0.3 is 0 Å². The van der Waals surface area contributed by atoms with Crippen LogP contribution in [0.2, 0.25) is 0 Å². The summed E-state index contributed by atoms with van der Waals surface area (Å²) in [5, 5.41) is 13.2. The Kier molecular flexibility index (Phi) is 3.68. The lowest BCUT2D eigenvalue weighted by Gasteiger charge is -2.37. The minimum Gasteiger partial charge on any atom is -0.394 e. The smallest absolute Gasteiger partial charge is 0.257 e. The van der Waals surface area contributed by atoms with E-state index in [0.29, 0.717) is 18.7 Å². The summed E-state index contributed by atoms with van der Waals surface area (Å²) in [4.78, 5) is 14.2. The number of carbonyl (C=O) groups excluding carboxylic acids is 1. The number of carbonyl (C=O) groups is 1. The molecule has 18 heavy (non-hydrogen) atoms. The molecular formula is C12H19N3O3. The van der Waals surface area contributed by atoms with Crippen LogP contribution >= 0.6 is 0 Å². The number of aryl methyl sites for hydroxylation is 1. The van der Waals surface area contributed by atoms with Crippen LogP contribution in [0.5, 0.6) is 0 Å².